The first kappa shape index (κ1) is 31.1. The van der Waals surface area contributed by atoms with Crippen LogP contribution in [0.25, 0.3) is 21.3 Å². The number of primary amides is 1. The molecule has 1 unspecified atom stereocenters. The molecule has 2 aromatic carbocycles. The summed E-state index contributed by atoms with van der Waals surface area (Å²) in [5.74, 6) is -2.22. The van der Waals surface area contributed by atoms with Gasteiger partial charge in [0, 0.05) is 39.8 Å². The molecule has 242 valence electrons. The smallest absolute Gasteiger partial charge is 0.270 e. The number of halogens is 3. The maximum atomic E-state index is 15.5. The van der Waals surface area contributed by atoms with Gasteiger partial charge in [-0.1, -0.05) is 48.0 Å². The first-order valence-electron chi connectivity index (χ1n) is 15.3. The molecule has 3 atom stereocenters. The van der Waals surface area contributed by atoms with E-state index >= 15 is 4.39 Å². The molecule has 3 aliphatic rings. The van der Waals surface area contributed by atoms with E-state index in [4.69, 9.17) is 17.3 Å². The summed E-state index contributed by atoms with van der Waals surface area (Å²) in [5.41, 5.74) is 7.75. The normalized spacial score (nSPS) is 20.9. The van der Waals surface area contributed by atoms with Crippen LogP contribution >= 0.6 is 22.9 Å². The Labute approximate surface area is 277 Å². The minimum Gasteiger partial charge on any atom is -0.364 e. The summed E-state index contributed by atoms with van der Waals surface area (Å²) in [6, 6.07) is 11.8. The monoisotopic (exact) mass is 677 g/mol. The number of fused-ring (bicyclic) bond motifs is 1. The fourth-order valence-corrected chi connectivity index (χ4v) is 7.58. The first-order valence-corrected chi connectivity index (χ1v) is 16.5. The van der Waals surface area contributed by atoms with Crippen molar-refractivity contribution in [2.24, 2.45) is 21.9 Å². The van der Waals surface area contributed by atoms with Crippen LogP contribution in [0.15, 0.2) is 70.5 Å². The molecule has 3 amide bonds. The number of thiophene rings is 1. The highest BCUT2D eigenvalue weighted by molar-refractivity contribution is 7.19. The van der Waals surface area contributed by atoms with Crippen LogP contribution in [0.3, 0.4) is 0 Å². The third kappa shape index (κ3) is 6.29. The molecule has 1 aliphatic carbocycles. The maximum absolute atomic E-state index is 15.5. The number of anilines is 1. The van der Waals surface area contributed by atoms with E-state index in [0.717, 1.165) is 34.7 Å². The highest BCUT2D eigenvalue weighted by Crippen LogP contribution is 2.40. The second-order valence-corrected chi connectivity index (χ2v) is 13.6. The van der Waals surface area contributed by atoms with Crippen LogP contribution in [0.4, 0.5) is 14.5 Å². The summed E-state index contributed by atoms with van der Waals surface area (Å²) in [5, 5.41) is 16.0. The molecule has 0 bridgehead atoms. The lowest BCUT2D eigenvalue weighted by molar-refractivity contribution is -0.137. The molecule has 2 aromatic heterocycles. The minimum absolute atomic E-state index is 0.0261. The number of carbonyl (C=O) groups is 3. The van der Waals surface area contributed by atoms with E-state index in [1.807, 2.05) is 6.07 Å². The van der Waals surface area contributed by atoms with Crippen molar-refractivity contribution in [2.45, 2.75) is 56.9 Å². The van der Waals surface area contributed by atoms with Crippen molar-refractivity contribution in [1.82, 2.24) is 14.7 Å². The van der Waals surface area contributed by atoms with Gasteiger partial charge in [0.25, 0.3) is 5.91 Å². The van der Waals surface area contributed by atoms with Crippen LogP contribution in [0.1, 0.15) is 41.0 Å². The van der Waals surface area contributed by atoms with E-state index in [1.165, 1.54) is 28.2 Å². The number of rotatable bonds is 9. The third-order valence-electron chi connectivity index (χ3n) is 8.66. The van der Waals surface area contributed by atoms with E-state index in [-0.39, 0.29) is 42.5 Å². The first-order chi connectivity index (χ1) is 22.7. The minimum atomic E-state index is -1.46. The number of hydrogen-bond acceptors (Lipinski definition) is 7. The molecule has 1 saturated carbocycles. The van der Waals surface area contributed by atoms with E-state index in [9.17, 15) is 18.8 Å². The Morgan fingerprint density at radius 1 is 1.11 bits per heavy atom. The molecular formula is C33H30ClF2N7O3S. The Balaban J connectivity index is 1.08. The second-order valence-electron chi connectivity index (χ2n) is 12.0. The molecule has 1 saturated heterocycles. The number of hydrogen-bond donors (Lipinski definition) is 2. The van der Waals surface area contributed by atoms with Crippen LogP contribution in [0, 0.1) is 11.7 Å². The molecule has 10 nitrogen and oxygen atoms in total. The van der Waals surface area contributed by atoms with Crippen molar-refractivity contribution in [3.05, 3.63) is 81.7 Å². The molecule has 2 aliphatic heterocycles. The Morgan fingerprint density at radius 3 is 2.62 bits per heavy atom. The van der Waals surface area contributed by atoms with Crippen LogP contribution in [-0.4, -0.2) is 57.2 Å². The van der Waals surface area contributed by atoms with Crippen molar-refractivity contribution >= 4 is 56.6 Å². The fraction of sp³-hybridized carbons (Fsp3) is 0.333. The Kier molecular flexibility index (Phi) is 8.35. The number of benzene rings is 2. The van der Waals surface area contributed by atoms with Crippen LogP contribution in [0.5, 0.6) is 0 Å². The molecule has 2 fully saturated rings. The van der Waals surface area contributed by atoms with Gasteiger partial charge < -0.3 is 16.0 Å². The lowest BCUT2D eigenvalue weighted by atomic mass is 10.0. The highest BCUT2D eigenvalue weighted by atomic mass is 35.5. The van der Waals surface area contributed by atoms with Gasteiger partial charge in [-0.05, 0) is 37.5 Å². The largest absolute Gasteiger partial charge is 0.364 e. The number of alkyl halides is 1. The lowest BCUT2D eigenvalue weighted by Crippen LogP contribution is -2.44. The lowest BCUT2D eigenvalue weighted by Gasteiger charge is -2.24. The zero-order valence-electron chi connectivity index (χ0n) is 25.0. The van der Waals surface area contributed by atoms with Crippen molar-refractivity contribution in [3.63, 3.8) is 0 Å². The average molecular weight is 678 g/mol. The van der Waals surface area contributed by atoms with Gasteiger partial charge in [0.05, 0.1) is 34.2 Å². The van der Waals surface area contributed by atoms with Crippen LogP contribution < -0.4 is 11.1 Å². The number of aromatic nitrogens is 2. The Bertz CT molecular complexity index is 1970. The predicted octanol–water partition coefficient (Wildman–Crippen LogP) is 6.29. The van der Waals surface area contributed by atoms with Crippen molar-refractivity contribution in [3.8, 4) is 11.1 Å². The number of amides is 3. The SMILES string of the molecule is NC(=O)c1nn(CC(=O)N2C[C@H](F)C[C@H]2C(=O)Nc2cccc(-c3ccccc3Cl)c2F)c2cc(CC3CC=C(C4CC4)N=N3)sc12. The van der Waals surface area contributed by atoms with E-state index in [0.29, 0.717) is 33.1 Å². The van der Waals surface area contributed by atoms with Gasteiger partial charge >= 0.3 is 0 Å². The van der Waals surface area contributed by atoms with Crippen molar-refractivity contribution < 1.29 is 23.2 Å². The quantitative estimate of drug-likeness (QED) is 0.215. The average Bonchev–Trinajstić information content (AvgIpc) is 3.57. The summed E-state index contributed by atoms with van der Waals surface area (Å²) in [7, 11) is 0. The fourth-order valence-electron chi connectivity index (χ4n) is 6.13. The zero-order valence-corrected chi connectivity index (χ0v) is 26.6. The molecule has 3 N–H and O–H groups in total. The van der Waals surface area contributed by atoms with E-state index in [2.05, 4.69) is 26.7 Å². The molecular weight excluding hydrogens is 648 g/mol. The Hall–Kier alpha value is -4.49. The Morgan fingerprint density at radius 2 is 1.89 bits per heavy atom. The summed E-state index contributed by atoms with van der Waals surface area (Å²) in [6.45, 7) is -0.673. The molecule has 0 spiro atoms. The number of azo groups is 1. The van der Waals surface area contributed by atoms with Gasteiger partial charge in [-0.25, -0.2) is 8.78 Å². The number of allylic oxidation sites excluding steroid dienone is 1. The molecule has 47 heavy (non-hydrogen) atoms. The molecule has 4 heterocycles. The van der Waals surface area contributed by atoms with Gasteiger partial charge in [-0.2, -0.15) is 15.3 Å². The summed E-state index contributed by atoms with van der Waals surface area (Å²) < 4.78 is 32.2. The van der Waals surface area contributed by atoms with Gasteiger partial charge in [-0.15, -0.1) is 11.3 Å². The van der Waals surface area contributed by atoms with Crippen LogP contribution in [-0.2, 0) is 22.6 Å². The number of likely N-dealkylation sites (tertiary alicyclic amines) is 1. The maximum Gasteiger partial charge on any atom is 0.270 e. The van der Waals surface area contributed by atoms with Crippen LogP contribution in [0.2, 0.25) is 5.02 Å². The van der Waals surface area contributed by atoms with Crippen molar-refractivity contribution in [1.29, 1.82) is 0 Å². The summed E-state index contributed by atoms with van der Waals surface area (Å²) in [4.78, 5) is 41.3. The number of nitrogens with one attached hydrogen (secondary N) is 1. The van der Waals surface area contributed by atoms with Gasteiger partial charge in [0.1, 0.15) is 18.8 Å². The topological polar surface area (TPSA) is 135 Å². The molecule has 0 radical (unpaired) electrons. The molecule has 14 heteroatoms. The second kappa shape index (κ2) is 12.6. The standard InChI is InChI=1S/C33H30ClF2N7O3S/c34-23-6-2-1-4-21(23)22-5-3-7-25(29(22)36)38-33(46)27-12-18(35)15-42(27)28(44)16-43-26-14-20(47-31(26)30(41-43)32(37)45)13-19-10-11-24(40-39-19)17-8-9-17/h1-7,11,14,17-19,27H,8-10,12-13,15-16H2,(H2,37,45)(H,38,46)/t18-,19?,27+/m1/s1. The molecule has 4 aromatic rings. The summed E-state index contributed by atoms with van der Waals surface area (Å²) in [6.07, 6.45) is 4.11. The van der Waals surface area contributed by atoms with E-state index in [1.54, 1.807) is 30.3 Å². The number of nitrogens with zero attached hydrogens (tertiary/aromatic N) is 5. The summed E-state index contributed by atoms with van der Waals surface area (Å²) >= 11 is 7.62. The van der Waals surface area contributed by atoms with Gasteiger partial charge in [0.2, 0.25) is 11.8 Å². The number of carbonyl (C=O) groups excluding carboxylic acids is 3. The molecule has 7 rings (SSSR count). The van der Waals surface area contributed by atoms with E-state index < -0.39 is 35.8 Å². The third-order valence-corrected chi connectivity index (χ3v) is 10.1. The van der Waals surface area contributed by atoms with Gasteiger partial charge in [0.15, 0.2) is 11.5 Å². The van der Waals surface area contributed by atoms with Crippen molar-refractivity contribution in [2.75, 3.05) is 11.9 Å². The number of nitrogens with two attached hydrogens (primary N) is 1. The van der Waals surface area contributed by atoms with Gasteiger partial charge in [-0.3, -0.25) is 19.1 Å². The zero-order chi connectivity index (χ0) is 32.8. The predicted molar refractivity (Wildman–Crippen MR) is 174 cm³/mol. The highest BCUT2D eigenvalue weighted by Gasteiger charge is 2.40.